The first-order chi connectivity index (χ1) is 15.7. The van der Waals surface area contributed by atoms with Gasteiger partial charge in [0.15, 0.2) is 0 Å². The number of rotatable bonds is 15. The molecule has 2 atom stereocenters. The molecule has 0 aromatic heterocycles. The smallest absolute Gasteiger partial charge is 0.464 e. The molecule has 0 saturated heterocycles. The van der Waals surface area contributed by atoms with Crippen molar-refractivity contribution in [3.8, 4) is 0 Å². The molecule has 2 unspecified atom stereocenters. The summed E-state index contributed by atoms with van der Waals surface area (Å²) in [6.45, 7) is 3.40. The van der Waals surface area contributed by atoms with Crippen LogP contribution in [-0.4, -0.2) is 72.9 Å². The van der Waals surface area contributed by atoms with Gasteiger partial charge in [-0.05, 0) is 12.8 Å². The van der Waals surface area contributed by atoms with Gasteiger partial charge in [0, 0.05) is 11.5 Å². The standard InChI is InChI=1S/C18H26F6N2O6S2/c1-3-5-7-31-13(27)11(25-15(29)17(19,20)21)9-33-34-10-12(14(28)32-8-6-4-2)26-16(30)18(22,23)24/h11-12H,3-10H2,1-2H3,(H,25,29)(H,26,30). The highest BCUT2D eigenvalue weighted by Crippen LogP contribution is 2.25. The molecule has 0 aliphatic carbocycles. The number of carbonyl (C=O) groups excluding carboxylic acids is 4. The maximum Gasteiger partial charge on any atom is 0.471 e. The van der Waals surface area contributed by atoms with Crippen LogP contribution in [0.3, 0.4) is 0 Å². The number of carbonyl (C=O) groups is 4. The molecule has 0 saturated carbocycles. The van der Waals surface area contributed by atoms with Crippen LogP contribution in [0.25, 0.3) is 0 Å². The summed E-state index contributed by atoms with van der Waals surface area (Å²) in [5.74, 6) is -7.90. The van der Waals surface area contributed by atoms with Gasteiger partial charge in [-0.1, -0.05) is 48.3 Å². The van der Waals surface area contributed by atoms with E-state index in [0.717, 1.165) is 0 Å². The molecule has 0 heterocycles. The number of hydrogen-bond acceptors (Lipinski definition) is 8. The van der Waals surface area contributed by atoms with E-state index in [1.807, 2.05) is 0 Å². The van der Waals surface area contributed by atoms with Gasteiger partial charge in [0.05, 0.1) is 13.2 Å². The predicted octanol–water partition coefficient (Wildman–Crippen LogP) is 3.15. The molecule has 16 heteroatoms. The minimum atomic E-state index is -5.25. The summed E-state index contributed by atoms with van der Waals surface area (Å²) >= 11 is 0. The van der Waals surface area contributed by atoms with E-state index in [0.29, 0.717) is 47.3 Å². The van der Waals surface area contributed by atoms with Gasteiger partial charge in [-0.2, -0.15) is 26.3 Å². The zero-order chi connectivity index (χ0) is 26.4. The van der Waals surface area contributed by atoms with Crippen LogP contribution in [0.2, 0.25) is 0 Å². The molecule has 2 amide bonds. The molecule has 34 heavy (non-hydrogen) atoms. The van der Waals surface area contributed by atoms with Crippen molar-refractivity contribution in [1.29, 1.82) is 0 Å². The number of alkyl halides is 6. The molecule has 198 valence electrons. The lowest BCUT2D eigenvalue weighted by atomic mass is 10.3. The molecule has 0 bridgehead atoms. The number of hydrogen-bond donors (Lipinski definition) is 2. The first-order valence-corrected chi connectivity index (χ1v) is 12.6. The monoisotopic (exact) mass is 544 g/mol. The summed E-state index contributed by atoms with van der Waals surface area (Å²) in [5.41, 5.74) is 0. The van der Waals surface area contributed by atoms with E-state index in [2.05, 4.69) is 0 Å². The fourth-order valence-electron chi connectivity index (χ4n) is 1.89. The zero-order valence-electron chi connectivity index (χ0n) is 18.3. The molecule has 8 nitrogen and oxygen atoms in total. The molecule has 2 N–H and O–H groups in total. The van der Waals surface area contributed by atoms with Crippen molar-refractivity contribution < 1.29 is 55.0 Å². The molecule has 0 rings (SSSR count). The fourth-order valence-corrected chi connectivity index (χ4v) is 4.18. The van der Waals surface area contributed by atoms with Crippen molar-refractivity contribution in [3.63, 3.8) is 0 Å². The minimum absolute atomic E-state index is 0.0827. The molecule has 0 radical (unpaired) electrons. The van der Waals surface area contributed by atoms with E-state index in [9.17, 15) is 45.5 Å². The van der Waals surface area contributed by atoms with Crippen molar-refractivity contribution in [1.82, 2.24) is 10.6 Å². The van der Waals surface area contributed by atoms with E-state index >= 15 is 0 Å². The van der Waals surface area contributed by atoms with Crippen molar-refractivity contribution in [2.24, 2.45) is 0 Å². The topological polar surface area (TPSA) is 111 Å². The highest BCUT2D eigenvalue weighted by atomic mass is 33.1. The normalized spacial score (nSPS) is 13.5. The highest BCUT2D eigenvalue weighted by Gasteiger charge is 2.42. The van der Waals surface area contributed by atoms with Crippen molar-refractivity contribution >= 4 is 45.3 Å². The van der Waals surface area contributed by atoms with Gasteiger partial charge in [0.2, 0.25) is 0 Å². The predicted molar refractivity (Wildman–Crippen MR) is 113 cm³/mol. The molecule has 0 fully saturated rings. The molecule has 0 aromatic carbocycles. The maximum atomic E-state index is 12.5. The van der Waals surface area contributed by atoms with E-state index < -0.39 is 59.7 Å². The lowest BCUT2D eigenvalue weighted by molar-refractivity contribution is -0.175. The quantitative estimate of drug-likeness (QED) is 0.140. The summed E-state index contributed by atoms with van der Waals surface area (Å²) in [6.07, 6.45) is -8.36. The number of nitrogens with one attached hydrogen (secondary N) is 2. The summed E-state index contributed by atoms with van der Waals surface area (Å²) in [4.78, 5) is 46.5. The molecule has 0 spiro atoms. The summed E-state index contributed by atoms with van der Waals surface area (Å²) in [6, 6.07) is -3.41. The van der Waals surface area contributed by atoms with Crippen LogP contribution in [0.4, 0.5) is 26.3 Å². The van der Waals surface area contributed by atoms with Gasteiger partial charge in [0.1, 0.15) is 12.1 Å². The van der Waals surface area contributed by atoms with Gasteiger partial charge in [-0.3, -0.25) is 9.59 Å². The molecule has 0 aliphatic rings. The summed E-state index contributed by atoms with van der Waals surface area (Å²) in [7, 11) is 1.37. The fraction of sp³-hybridized carbons (Fsp3) is 0.778. The second kappa shape index (κ2) is 15.9. The Morgan fingerprint density at radius 3 is 1.29 bits per heavy atom. The van der Waals surface area contributed by atoms with Crippen LogP contribution in [-0.2, 0) is 28.7 Å². The van der Waals surface area contributed by atoms with Gasteiger partial charge in [-0.25, -0.2) is 9.59 Å². The van der Waals surface area contributed by atoms with E-state index in [4.69, 9.17) is 9.47 Å². The van der Waals surface area contributed by atoms with Crippen LogP contribution in [0.5, 0.6) is 0 Å². The van der Waals surface area contributed by atoms with Gasteiger partial charge in [-0.15, -0.1) is 0 Å². The Bertz CT molecular complexity index is 622. The first kappa shape index (κ1) is 32.2. The highest BCUT2D eigenvalue weighted by molar-refractivity contribution is 8.76. The molecular weight excluding hydrogens is 518 g/mol. The number of amides is 2. The number of unbranched alkanes of at least 4 members (excludes halogenated alkanes) is 2. The zero-order valence-corrected chi connectivity index (χ0v) is 20.0. The number of ether oxygens (including phenoxy) is 2. The Labute approximate surface area is 200 Å². The minimum Gasteiger partial charge on any atom is -0.464 e. The van der Waals surface area contributed by atoms with Crippen LogP contribution in [0.15, 0.2) is 0 Å². The van der Waals surface area contributed by atoms with Gasteiger partial charge in [0.25, 0.3) is 0 Å². The third-order valence-electron chi connectivity index (χ3n) is 3.73. The Kier molecular flexibility index (Phi) is 15.1. The van der Waals surface area contributed by atoms with Crippen molar-refractivity contribution in [2.75, 3.05) is 24.7 Å². The van der Waals surface area contributed by atoms with Crippen LogP contribution in [0, 0.1) is 0 Å². The lowest BCUT2D eigenvalue weighted by Crippen LogP contribution is -2.49. The maximum absolute atomic E-state index is 12.5. The molecule has 0 aliphatic heterocycles. The lowest BCUT2D eigenvalue weighted by Gasteiger charge is -2.20. The van der Waals surface area contributed by atoms with Gasteiger partial charge < -0.3 is 20.1 Å². The average molecular weight is 545 g/mol. The van der Waals surface area contributed by atoms with E-state index in [-0.39, 0.29) is 13.2 Å². The molecule has 0 aromatic rings. The van der Waals surface area contributed by atoms with E-state index in [1.54, 1.807) is 13.8 Å². The number of esters is 2. The van der Waals surface area contributed by atoms with E-state index in [1.165, 1.54) is 10.6 Å². The Morgan fingerprint density at radius 2 is 1.03 bits per heavy atom. The number of halogens is 6. The second-order valence-corrected chi connectivity index (χ2v) is 9.21. The third-order valence-corrected chi connectivity index (χ3v) is 6.15. The second-order valence-electron chi connectivity index (χ2n) is 6.66. The van der Waals surface area contributed by atoms with Crippen LogP contribution in [0.1, 0.15) is 39.5 Å². The van der Waals surface area contributed by atoms with Crippen molar-refractivity contribution in [3.05, 3.63) is 0 Å². The SMILES string of the molecule is CCCCOC(=O)C(CSSCC(NC(=O)C(F)(F)F)C(=O)OCCCC)NC(=O)C(F)(F)F. The average Bonchev–Trinajstić information content (AvgIpc) is 2.73. The van der Waals surface area contributed by atoms with Crippen LogP contribution >= 0.6 is 21.6 Å². The Hall–Kier alpha value is -1.84. The summed E-state index contributed by atoms with van der Waals surface area (Å²) in [5, 5.41) is 3.00. The molecular formula is C18H26F6N2O6S2. The Balaban J connectivity index is 5.06. The van der Waals surface area contributed by atoms with Crippen molar-refractivity contribution in [2.45, 2.75) is 64.0 Å². The largest absolute Gasteiger partial charge is 0.471 e. The Morgan fingerprint density at radius 1 is 0.706 bits per heavy atom. The third kappa shape index (κ3) is 13.8. The summed E-state index contributed by atoms with van der Waals surface area (Å²) < 4.78 is 84.9. The first-order valence-electron chi connectivity index (χ1n) is 10.1. The van der Waals surface area contributed by atoms with Gasteiger partial charge >= 0.3 is 36.1 Å². The van der Waals surface area contributed by atoms with Crippen LogP contribution < -0.4 is 10.6 Å².